The van der Waals surface area contributed by atoms with Crippen LogP contribution in [0.15, 0.2) is 59.3 Å². The van der Waals surface area contributed by atoms with Crippen molar-refractivity contribution in [1.82, 2.24) is 0 Å². The first-order chi connectivity index (χ1) is 14.7. The Bertz CT molecular complexity index is 1090. The minimum atomic E-state index is -0.712. The van der Waals surface area contributed by atoms with E-state index in [4.69, 9.17) is 16.3 Å². The third kappa shape index (κ3) is 4.59. The molecule has 0 aliphatic carbocycles. The monoisotopic (exact) mass is 442 g/mol. The first kappa shape index (κ1) is 22.0. The molecule has 3 rings (SSSR count). The molecule has 0 atom stereocenters. The van der Waals surface area contributed by atoms with Crippen molar-refractivity contribution >= 4 is 46.7 Å². The molecule has 0 saturated heterocycles. The van der Waals surface area contributed by atoms with Crippen molar-refractivity contribution < 1.29 is 28.7 Å². The Balaban J connectivity index is 1.81. The highest BCUT2D eigenvalue weighted by Crippen LogP contribution is 2.30. The molecular weight excluding hydrogens is 424 g/mol. The van der Waals surface area contributed by atoms with Crippen LogP contribution in [-0.2, 0) is 19.1 Å². The molecule has 0 unspecified atom stereocenters. The van der Waals surface area contributed by atoms with Gasteiger partial charge in [0.15, 0.2) is 0 Å². The van der Waals surface area contributed by atoms with Crippen LogP contribution in [0, 0.1) is 0 Å². The van der Waals surface area contributed by atoms with Gasteiger partial charge in [0.2, 0.25) is 0 Å². The van der Waals surface area contributed by atoms with E-state index >= 15 is 0 Å². The number of hydrogen-bond donors (Lipinski definition) is 1. The molecule has 9 heteroatoms. The molecule has 1 aliphatic heterocycles. The van der Waals surface area contributed by atoms with E-state index < -0.39 is 23.8 Å². The Morgan fingerprint density at radius 2 is 1.65 bits per heavy atom. The summed E-state index contributed by atoms with van der Waals surface area (Å²) >= 11 is 6.13. The van der Waals surface area contributed by atoms with E-state index in [1.54, 1.807) is 32.0 Å². The molecule has 0 fully saturated rings. The number of amides is 2. The van der Waals surface area contributed by atoms with Crippen LogP contribution in [-0.4, -0.2) is 37.0 Å². The summed E-state index contributed by atoms with van der Waals surface area (Å²) in [6, 6.07) is 12.1. The van der Waals surface area contributed by atoms with Crippen LogP contribution in [0.4, 0.5) is 11.4 Å². The lowest BCUT2D eigenvalue weighted by molar-refractivity contribution is -0.120. The maximum absolute atomic E-state index is 12.9. The average Bonchev–Trinajstić information content (AvgIpc) is 2.96. The minimum absolute atomic E-state index is 0.128. The maximum atomic E-state index is 12.9. The van der Waals surface area contributed by atoms with Crippen LogP contribution in [0.5, 0.6) is 0 Å². The van der Waals surface area contributed by atoms with Crippen LogP contribution < -0.4 is 10.2 Å². The van der Waals surface area contributed by atoms with Crippen LogP contribution >= 0.6 is 11.6 Å². The Labute approximate surface area is 183 Å². The van der Waals surface area contributed by atoms with Gasteiger partial charge in [-0.2, -0.15) is 0 Å². The fourth-order valence-electron chi connectivity index (χ4n) is 2.86. The molecule has 0 radical (unpaired) electrons. The lowest BCUT2D eigenvalue weighted by atomic mass is 10.2. The standard InChI is InChI=1S/C22H19ClN2O6/c1-12(2)31-22(29)13-7-9-16(10-8-13)25-19(26)17(23)18(20(25)27)24-15-6-4-5-14(11-15)21(28)30-3/h4-12,24H,1-3H3. The van der Waals surface area contributed by atoms with E-state index in [1.165, 1.54) is 37.4 Å². The first-order valence-corrected chi connectivity index (χ1v) is 9.65. The predicted octanol–water partition coefficient (Wildman–Crippen LogP) is 3.47. The summed E-state index contributed by atoms with van der Waals surface area (Å²) in [7, 11) is 1.26. The fourth-order valence-corrected chi connectivity index (χ4v) is 3.07. The van der Waals surface area contributed by atoms with Gasteiger partial charge in [0, 0.05) is 5.69 Å². The molecule has 1 aliphatic rings. The molecule has 160 valence electrons. The Morgan fingerprint density at radius 3 is 2.26 bits per heavy atom. The molecular formula is C22H19ClN2O6. The molecule has 8 nitrogen and oxygen atoms in total. The second-order valence-corrected chi connectivity index (χ2v) is 7.21. The number of rotatable bonds is 6. The van der Waals surface area contributed by atoms with Crippen molar-refractivity contribution in [1.29, 1.82) is 0 Å². The molecule has 2 amide bonds. The number of hydrogen-bond acceptors (Lipinski definition) is 7. The van der Waals surface area contributed by atoms with Crippen LogP contribution in [0.2, 0.25) is 0 Å². The maximum Gasteiger partial charge on any atom is 0.338 e. The van der Waals surface area contributed by atoms with Crippen molar-refractivity contribution in [3.05, 3.63) is 70.4 Å². The number of nitrogens with one attached hydrogen (secondary N) is 1. The van der Waals surface area contributed by atoms with E-state index in [1.807, 2.05) is 0 Å². The van der Waals surface area contributed by atoms with Gasteiger partial charge in [0.1, 0.15) is 10.7 Å². The highest BCUT2D eigenvalue weighted by molar-refractivity contribution is 6.53. The smallest absolute Gasteiger partial charge is 0.338 e. The topological polar surface area (TPSA) is 102 Å². The average molecular weight is 443 g/mol. The summed E-state index contributed by atoms with van der Waals surface area (Å²) in [6.45, 7) is 3.47. The van der Waals surface area contributed by atoms with E-state index in [0.29, 0.717) is 5.69 Å². The number of carbonyl (C=O) groups is 4. The molecule has 0 spiro atoms. The number of carbonyl (C=O) groups excluding carboxylic acids is 4. The highest BCUT2D eigenvalue weighted by Gasteiger charge is 2.39. The van der Waals surface area contributed by atoms with E-state index in [9.17, 15) is 19.2 Å². The van der Waals surface area contributed by atoms with E-state index in [-0.39, 0.29) is 33.6 Å². The minimum Gasteiger partial charge on any atom is -0.465 e. The van der Waals surface area contributed by atoms with Crippen LogP contribution in [0.1, 0.15) is 34.6 Å². The van der Waals surface area contributed by atoms with Gasteiger partial charge in [0.25, 0.3) is 11.8 Å². The number of halogens is 1. The number of ether oxygens (including phenoxy) is 2. The summed E-state index contributed by atoms with van der Waals surface area (Å²) < 4.78 is 9.80. The molecule has 0 saturated carbocycles. The number of esters is 2. The van der Waals surface area contributed by atoms with Gasteiger partial charge in [-0.3, -0.25) is 9.59 Å². The summed E-state index contributed by atoms with van der Waals surface area (Å²) in [5.41, 5.74) is 1.05. The number of nitrogens with zero attached hydrogens (tertiary/aromatic N) is 1. The molecule has 1 N–H and O–H groups in total. The number of anilines is 2. The fraction of sp³-hybridized carbons (Fsp3) is 0.182. The van der Waals surface area contributed by atoms with Crippen LogP contribution in [0.3, 0.4) is 0 Å². The zero-order chi connectivity index (χ0) is 22.7. The van der Waals surface area contributed by atoms with Gasteiger partial charge >= 0.3 is 11.9 Å². The summed E-state index contributed by atoms with van der Waals surface area (Å²) in [5.74, 6) is -2.44. The Hall–Kier alpha value is -3.65. The zero-order valence-corrected chi connectivity index (χ0v) is 17.7. The summed E-state index contributed by atoms with van der Waals surface area (Å²) in [4.78, 5) is 50.1. The van der Waals surface area contributed by atoms with Gasteiger partial charge in [0.05, 0.1) is 30.0 Å². The lowest BCUT2D eigenvalue weighted by Gasteiger charge is -2.16. The van der Waals surface area contributed by atoms with Gasteiger partial charge < -0.3 is 14.8 Å². The SMILES string of the molecule is COC(=O)c1cccc(NC2=C(Cl)C(=O)N(c3ccc(C(=O)OC(C)C)cc3)C2=O)c1. The second kappa shape index (κ2) is 9.01. The molecule has 31 heavy (non-hydrogen) atoms. The number of benzene rings is 2. The number of imide groups is 1. The molecule has 0 bridgehead atoms. The predicted molar refractivity (Wildman–Crippen MR) is 114 cm³/mol. The van der Waals surface area contributed by atoms with E-state index in [2.05, 4.69) is 10.1 Å². The first-order valence-electron chi connectivity index (χ1n) is 9.28. The van der Waals surface area contributed by atoms with Gasteiger partial charge in [-0.1, -0.05) is 17.7 Å². The molecule has 1 heterocycles. The van der Waals surface area contributed by atoms with Gasteiger partial charge in [-0.15, -0.1) is 0 Å². The normalized spacial score (nSPS) is 13.6. The summed E-state index contributed by atoms with van der Waals surface area (Å²) in [6.07, 6.45) is -0.275. The summed E-state index contributed by atoms with van der Waals surface area (Å²) in [5, 5.41) is 2.50. The molecule has 2 aromatic carbocycles. The lowest BCUT2D eigenvalue weighted by Crippen LogP contribution is -2.32. The second-order valence-electron chi connectivity index (χ2n) is 6.83. The van der Waals surface area contributed by atoms with E-state index in [0.717, 1.165) is 4.90 Å². The largest absolute Gasteiger partial charge is 0.465 e. The molecule has 0 aromatic heterocycles. The van der Waals surface area contributed by atoms with Crippen molar-refractivity contribution in [2.45, 2.75) is 20.0 Å². The zero-order valence-electron chi connectivity index (χ0n) is 17.0. The van der Waals surface area contributed by atoms with Crippen molar-refractivity contribution in [2.24, 2.45) is 0 Å². The molecule has 2 aromatic rings. The highest BCUT2D eigenvalue weighted by atomic mass is 35.5. The number of methoxy groups -OCH3 is 1. The third-order valence-electron chi connectivity index (χ3n) is 4.28. The van der Waals surface area contributed by atoms with Crippen molar-refractivity contribution in [2.75, 3.05) is 17.3 Å². The third-order valence-corrected chi connectivity index (χ3v) is 4.63. The van der Waals surface area contributed by atoms with Gasteiger partial charge in [-0.25, -0.2) is 14.5 Å². The van der Waals surface area contributed by atoms with Crippen LogP contribution in [0.25, 0.3) is 0 Å². The van der Waals surface area contributed by atoms with Crippen molar-refractivity contribution in [3.8, 4) is 0 Å². The van der Waals surface area contributed by atoms with Crippen molar-refractivity contribution in [3.63, 3.8) is 0 Å². The Morgan fingerprint density at radius 1 is 0.968 bits per heavy atom. The van der Waals surface area contributed by atoms with Gasteiger partial charge in [-0.05, 0) is 56.3 Å². The quantitative estimate of drug-likeness (QED) is 0.539. The Kier molecular flexibility index (Phi) is 6.41.